The highest BCUT2D eigenvalue weighted by molar-refractivity contribution is 7.89. The lowest BCUT2D eigenvalue weighted by molar-refractivity contribution is -0.111. The molecule has 0 atom stereocenters. The van der Waals surface area contributed by atoms with Crippen LogP contribution >= 0.6 is 0 Å². The maximum absolute atomic E-state index is 12.1. The molecule has 7 heteroatoms. The first-order valence-corrected chi connectivity index (χ1v) is 9.34. The molecule has 3 rings (SSSR count). The average molecular weight is 367 g/mol. The van der Waals surface area contributed by atoms with Crippen LogP contribution < -0.4 is 10.0 Å². The number of amides is 1. The molecule has 0 saturated heterocycles. The molecule has 26 heavy (non-hydrogen) atoms. The number of benzene rings is 2. The van der Waals surface area contributed by atoms with E-state index in [-0.39, 0.29) is 10.8 Å². The molecule has 2 aromatic carbocycles. The topological polar surface area (TPSA) is 88.2 Å². The molecule has 1 amide bonds. The summed E-state index contributed by atoms with van der Waals surface area (Å²) in [5.41, 5.74) is 2.18. The summed E-state index contributed by atoms with van der Waals surface area (Å²) in [4.78, 5) is 16.5. The maximum Gasteiger partial charge on any atom is 0.248 e. The van der Waals surface area contributed by atoms with E-state index in [1.807, 2.05) is 30.3 Å². The van der Waals surface area contributed by atoms with Gasteiger partial charge < -0.3 is 5.32 Å². The van der Waals surface area contributed by atoms with E-state index in [4.69, 9.17) is 0 Å². The van der Waals surface area contributed by atoms with E-state index in [0.29, 0.717) is 11.3 Å². The number of aromatic nitrogens is 1. The van der Waals surface area contributed by atoms with E-state index in [9.17, 15) is 13.2 Å². The van der Waals surface area contributed by atoms with Gasteiger partial charge in [0.15, 0.2) is 0 Å². The summed E-state index contributed by atoms with van der Waals surface area (Å²) in [6.45, 7) is 0. The predicted molar refractivity (Wildman–Crippen MR) is 102 cm³/mol. The van der Waals surface area contributed by atoms with Crippen LogP contribution in [-0.4, -0.2) is 26.4 Å². The van der Waals surface area contributed by atoms with Crippen LogP contribution in [-0.2, 0) is 14.8 Å². The molecule has 0 saturated carbocycles. The van der Waals surface area contributed by atoms with Crippen LogP contribution in [0.5, 0.6) is 0 Å². The Morgan fingerprint density at radius 2 is 1.81 bits per heavy atom. The molecule has 0 bridgehead atoms. The molecule has 0 aliphatic rings. The summed E-state index contributed by atoms with van der Waals surface area (Å²) in [6.07, 6.45) is 4.60. The zero-order valence-corrected chi connectivity index (χ0v) is 14.8. The minimum absolute atomic E-state index is 0.170. The quantitative estimate of drug-likeness (QED) is 0.679. The zero-order valence-electron chi connectivity index (χ0n) is 14.0. The first-order valence-electron chi connectivity index (χ1n) is 7.85. The highest BCUT2D eigenvalue weighted by Crippen LogP contribution is 2.16. The molecular weight excluding hydrogens is 350 g/mol. The number of para-hydroxylation sites is 1. The fourth-order valence-corrected chi connectivity index (χ4v) is 3.10. The third-order valence-electron chi connectivity index (χ3n) is 3.74. The number of sulfonamides is 1. The summed E-state index contributed by atoms with van der Waals surface area (Å²) in [6, 6.07) is 15.7. The number of anilines is 1. The van der Waals surface area contributed by atoms with Crippen molar-refractivity contribution in [2.75, 3.05) is 12.4 Å². The van der Waals surface area contributed by atoms with Crippen LogP contribution in [0.2, 0.25) is 0 Å². The number of hydrogen-bond acceptors (Lipinski definition) is 4. The molecular formula is C19H17N3O3S. The number of pyridine rings is 1. The largest absolute Gasteiger partial charge is 0.321 e. The molecule has 6 nitrogen and oxygen atoms in total. The van der Waals surface area contributed by atoms with Crippen molar-refractivity contribution in [3.63, 3.8) is 0 Å². The molecule has 0 fully saturated rings. The van der Waals surface area contributed by atoms with Crippen molar-refractivity contribution < 1.29 is 13.2 Å². The number of nitrogens with zero attached hydrogens (tertiary/aromatic N) is 1. The van der Waals surface area contributed by atoms with E-state index in [0.717, 1.165) is 10.9 Å². The Morgan fingerprint density at radius 1 is 1.08 bits per heavy atom. The van der Waals surface area contributed by atoms with E-state index >= 15 is 0 Å². The molecule has 1 aromatic heterocycles. The lowest BCUT2D eigenvalue weighted by Gasteiger charge is -2.04. The third kappa shape index (κ3) is 4.14. The molecule has 132 valence electrons. The molecule has 0 spiro atoms. The smallest absolute Gasteiger partial charge is 0.248 e. The van der Waals surface area contributed by atoms with E-state index in [2.05, 4.69) is 15.0 Å². The van der Waals surface area contributed by atoms with Gasteiger partial charge in [-0.2, -0.15) is 0 Å². The first kappa shape index (κ1) is 17.8. The average Bonchev–Trinajstić information content (AvgIpc) is 2.66. The molecule has 0 aliphatic heterocycles. The lowest BCUT2D eigenvalue weighted by Crippen LogP contribution is -2.18. The van der Waals surface area contributed by atoms with Crippen molar-refractivity contribution in [3.8, 4) is 0 Å². The second-order valence-electron chi connectivity index (χ2n) is 5.52. The van der Waals surface area contributed by atoms with Crippen LogP contribution in [0.3, 0.4) is 0 Å². The summed E-state index contributed by atoms with van der Waals surface area (Å²) >= 11 is 0. The Kier molecular flexibility index (Phi) is 5.11. The molecule has 2 N–H and O–H groups in total. The summed E-state index contributed by atoms with van der Waals surface area (Å²) < 4.78 is 25.6. The summed E-state index contributed by atoms with van der Waals surface area (Å²) in [5.74, 6) is -0.297. The van der Waals surface area contributed by atoms with Gasteiger partial charge in [0.2, 0.25) is 15.9 Å². The number of nitrogens with one attached hydrogen (secondary N) is 2. The Hall–Kier alpha value is -3.03. The second kappa shape index (κ2) is 7.47. The Morgan fingerprint density at radius 3 is 2.54 bits per heavy atom. The summed E-state index contributed by atoms with van der Waals surface area (Å²) in [5, 5.41) is 3.70. The van der Waals surface area contributed by atoms with Gasteiger partial charge >= 0.3 is 0 Å². The number of carbonyl (C=O) groups excluding carboxylic acids is 1. The molecule has 0 radical (unpaired) electrons. The standard InChI is InChI=1S/C19H17N3O3S/c1-20-26(24,25)17-9-6-14(7-10-17)8-11-19(23)22-16-12-15-4-2-3-5-18(15)21-13-16/h2-13,20H,1H3,(H,22,23)/b11-8+. The van der Waals surface area contributed by atoms with E-state index in [1.54, 1.807) is 24.4 Å². The number of fused-ring (bicyclic) bond motifs is 1. The number of rotatable bonds is 5. The van der Waals surface area contributed by atoms with E-state index < -0.39 is 10.0 Å². The third-order valence-corrected chi connectivity index (χ3v) is 5.17. The maximum atomic E-state index is 12.1. The lowest BCUT2D eigenvalue weighted by atomic mass is 10.2. The van der Waals surface area contributed by atoms with Crippen LogP contribution in [0, 0.1) is 0 Å². The van der Waals surface area contributed by atoms with Gasteiger partial charge in [0.05, 0.1) is 22.3 Å². The van der Waals surface area contributed by atoms with Gasteiger partial charge in [0.25, 0.3) is 0 Å². The van der Waals surface area contributed by atoms with Crippen LogP contribution in [0.1, 0.15) is 5.56 Å². The molecule has 3 aromatic rings. The van der Waals surface area contributed by atoms with Crippen molar-refractivity contribution >= 4 is 38.6 Å². The van der Waals surface area contributed by atoms with Crippen molar-refractivity contribution in [3.05, 3.63) is 72.4 Å². The van der Waals surface area contributed by atoms with Crippen molar-refractivity contribution in [1.82, 2.24) is 9.71 Å². The Bertz CT molecular complexity index is 1070. The van der Waals surface area contributed by atoms with Gasteiger partial charge in [-0.15, -0.1) is 0 Å². The van der Waals surface area contributed by atoms with Gasteiger partial charge in [-0.25, -0.2) is 13.1 Å². The Labute approximate surface area is 151 Å². The monoisotopic (exact) mass is 367 g/mol. The number of hydrogen-bond donors (Lipinski definition) is 2. The van der Waals surface area contributed by atoms with Crippen molar-refractivity contribution in [2.24, 2.45) is 0 Å². The molecule has 0 unspecified atom stereocenters. The Balaban J connectivity index is 1.68. The SMILES string of the molecule is CNS(=O)(=O)c1ccc(/C=C/C(=O)Nc2cnc3ccccc3c2)cc1. The van der Waals surface area contributed by atoms with E-state index in [1.165, 1.54) is 25.3 Å². The zero-order chi connectivity index (χ0) is 18.6. The minimum Gasteiger partial charge on any atom is -0.321 e. The van der Waals surface area contributed by atoms with Crippen LogP contribution in [0.4, 0.5) is 5.69 Å². The minimum atomic E-state index is -3.47. The molecule has 0 aliphatic carbocycles. The van der Waals surface area contributed by atoms with Gasteiger partial charge in [0, 0.05) is 11.5 Å². The predicted octanol–water partition coefficient (Wildman–Crippen LogP) is 2.79. The van der Waals surface area contributed by atoms with Crippen LogP contribution in [0.25, 0.3) is 17.0 Å². The summed E-state index contributed by atoms with van der Waals surface area (Å²) in [7, 11) is -2.11. The van der Waals surface area contributed by atoms with Crippen molar-refractivity contribution in [2.45, 2.75) is 4.90 Å². The highest BCUT2D eigenvalue weighted by Gasteiger charge is 2.09. The number of carbonyl (C=O) groups is 1. The van der Waals surface area contributed by atoms with Gasteiger partial charge in [0.1, 0.15) is 0 Å². The van der Waals surface area contributed by atoms with Crippen molar-refractivity contribution in [1.29, 1.82) is 0 Å². The van der Waals surface area contributed by atoms with Gasteiger partial charge in [-0.05, 0) is 43.0 Å². The van der Waals surface area contributed by atoms with Gasteiger partial charge in [-0.3, -0.25) is 9.78 Å². The second-order valence-corrected chi connectivity index (χ2v) is 7.40. The fraction of sp³-hybridized carbons (Fsp3) is 0.0526. The van der Waals surface area contributed by atoms with Crippen LogP contribution in [0.15, 0.2) is 71.8 Å². The highest BCUT2D eigenvalue weighted by atomic mass is 32.2. The fourth-order valence-electron chi connectivity index (χ4n) is 2.37. The molecule has 1 heterocycles. The normalized spacial score (nSPS) is 11.7. The van der Waals surface area contributed by atoms with Gasteiger partial charge in [-0.1, -0.05) is 30.3 Å². The first-order chi connectivity index (χ1) is 12.5.